The molecule has 1 aromatic heterocycles. The number of aromatic nitrogens is 3. The van der Waals surface area contributed by atoms with Gasteiger partial charge in [0.25, 0.3) is 0 Å². The van der Waals surface area contributed by atoms with Gasteiger partial charge in [0, 0.05) is 7.05 Å². The average Bonchev–Trinajstić information content (AvgIpc) is 2.46. The lowest BCUT2D eigenvalue weighted by Gasteiger charge is -2.26. The molecular weight excluding hydrogens is 260 g/mol. The van der Waals surface area contributed by atoms with E-state index in [1.165, 1.54) is 11.8 Å². The maximum atomic E-state index is 9.42. The molecule has 1 unspecified atom stereocenters. The van der Waals surface area contributed by atoms with Crippen molar-refractivity contribution in [3.8, 4) is 6.07 Å². The van der Waals surface area contributed by atoms with E-state index in [2.05, 4.69) is 38.6 Å². The number of hydrogen-bond donors (Lipinski definition) is 2. The Balaban J connectivity index is 3.05. The summed E-state index contributed by atoms with van der Waals surface area (Å²) in [5.41, 5.74) is -0.614. The third kappa shape index (κ3) is 3.96. The van der Waals surface area contributed by atoms with Crippen LogP contribution in [0.4, 0.5) is 11.9 Å². The summed E-state index contributed by atoms with van der Waals surface area (Å²) in [6.45, 7) is 4.05. The van der Waals surface area contributed by atoms with Crippen LogP contribution < -0.4 is 10.6 Å². The van der Waals surface area contributed by atoms with Crippen LogP contribution in [0, 0.1) is 11.3 Å². The monoisotopic (exact) mass is 280 g/mol. The molecule has 104 valence electrons. The number of nitrogens with one attached hydrogen (secondary N) is 2. The number of anilines is 2. The minimum absolute atomic E-state index is 0.445. The summed E-state index contributed by atoms with van der Waals surface area (Å²) in [7, 11) is 1.76. The highest BCUT2D eigenvalue weighted by Crippen LogP contribution is 2.23. The van der Waals surface area contributed by atoms with Crippen molar-refractivity contribution in [2.24, 2.45) is 0 Å². The van der Waals surface area contributed by atoms with Crippen LogP contribution in [0.1, 0.15) is 33.1 Å². The van der Waals surface area contributed by atoms with Gasteiger partial charge in [0.1, 0.15) is 5.54 Å². The number of nitriles is 1. The van der Waals surface area contributed by atoms with Crippen molar-refractivity contribution in [3.63, 3.8) is 0 Å². The molecule has 2 N–H and O–H groups in total. The van der Waals surface area contributed by atoms with Gasteiger partial charge in [-0.1, -0.05) is 32.0 Å². The van der Waals surface area contributed by atoms with Gasteiger partial charge < -0.3 is 10.6 Å². The van der Waals surface area contributed by atoms with Gasteiger partial charge in [-0.3, -0.25) is 0 Å². The maximum absolute atomic E-state index is 9.42. The van der Waals surface area contributed by atoms with Crippen LogP contribution in [-0.4, -0.2) is 33.8 Å². The molecule has 1 heterocycles. The zero-order valence-corrected chi connectivity index (χ0v) is 12.6. The Morgan fingerprint density at radius 2 is 1.95 bits per heavy atom. The van der Waals surface area contributed by atoms with Crippen molar-refractivity contribution in [2.75, 3.05) is 23.9 Å². The Morgan fingerprint density at radius 3 is 2.42 bits per heavy atom. The Morgan fingerprint density at radius 1 is 1.26 bits per heavy atom. The summed E-state index contributed by atoms with van der Waals surface area (Å²) in [4.78, 5) is 12.8. The van der Waals surface area contributed by atoms with E-state index in [1.807, 2.05) is 13.2 Å². The first-order valence-electron chi connectivity index (χ1n) is 6.30. The Kier molecular flexibility index (Phi) is 5.83. The van der Waals surface area contributed by atoms with E-state index in [-0.39, 0.29) is 0 Å². The zero-order valence-electron chi connectivity index (χ0n) is 11.8. The number of rotatable bonds is 7. The van der Waals surface area contributed by atoms with Gasteiger partial charge in [-0.15, -0.1) is 0 Å². The zero-order chi connectivity index (χ0) is 14.3. The van der Waals surface area contributed by atoms with Crippen LogP contribution in [0.5, 0.6) is 0 Å². The molecular formula is C12H20N6S. The van der Waals surface area contributed by atoms with E-state index < -0.39 is 5.54 Å². The molecule has 0 aliphatic carbocycles. The lowest BCUT2D eigenvalue weighted by molar-refractivity contribution is 0.509. The fraction of sp³-hybridized carbons (Fsp3) is 0.667. The normalized spacial score (nSPS) is 13.4. The van der Waals surface area contributed by atoms with Crippen molar-refractivity contribution >= 4 is 23.7 Å². The minimum Gasteiger partial charge on any atom is -0.357 e. The first-order chi connectivity index (χ1) is 9.12. The molecule has 7 heteroatoms. The minimum atomic E-state index is -0.614. The largest absolute Gasteiger partial charge is 0.357 e. The molecule has 0 aromatic carbocycles. The van der Waals surface area contributed by atoms with Crippen LogP contribution in [0.15, 0.2) is 5.16 Å². The molecule has 0 saturated carbocycles. The second-order valence-corrected chi connectivity index (χ2v) is 4.92. The van der Waals surface area contributed by atoms with Gasteiger partial charge in [-0.25, -0.2) is 0 Å². The van der Waals surface area contributed by atoms with Crippen molar-refractivity contribution in [3.05, 3.63) is 0 Å². The molecule has 1 atom stereocenters. The fourth-order valence-corrected chi connectivity index (χ4v) is 2.10. The highest BCUT2D eigenvalue weighted by atomic mass is 32.2. The highest BCUT2D eigenvalue weighted by molar-refractivity contribution is 7.98. The first kappa shape index (κ1) is 15.5. The molecule has 0 amide bonds. The van der Waals surface area contributed by atoms with Crippen LogP contribution in [0.25, 0.3) is 0 Å². The van der Waals surface area contributed by atoms with E-state index in [4.69, 9.17) is 0 Å². The summed E-state index contributed by atoms with van der Waals surface area (Å²) in [5.74, 6) is 0.946. The van der Waals surface area contributed by atoms with Crippen LogP contribution in [0.2, 0.25) is 0 Å². The molecule has 0 radical (unpaired) electrons. The maximum Gasteiger partial charge on any atom is 0.229 e. The second-order valence-electron chi connectivity index (χ2n) is 4.14. The summed E-state index contributed by atoms with van der Waals surface area (Å²) in [5, 5.41) is 16.1. The van der Waals surface area contributed by atoms with Gasteiger partial charge in [0.15, 0.2) is 5.16 Å². The molecule has 0 saturated heterocycles. The van der Waals surface area contributed by atoms with Gasteiger partial charge in [0.05, 0.1) is 6.07 Å². The fourth-order valence-electron chi connectivity index (χ4n) is 1.75. The SMILES string of the molecule is CCCC(C#N)(CC)Nc1nc(NC)nc(SC)n1. The Labute approximate surface area is 118 Å². The summed E-state index contributed by atoms with van der Waals surface area (Å²) in [6, 6.07) is 2.35. The van der Waals surface area contributed by atoms with E-state index >= 15 is 0 Å². The standard InChI is InChI=1S/C12H20N6S/c1-5-7-12(6-2,8-13)18-10-15-9(14-3)16-11(17-10)19-4/h5-7H2,1-4H3,(H2,14,15,16,17,18). The predicted octanol–water partition coefficient (Wildman–Crippen LogP) is 2.52. The first-order valence-corrected chi connectivity index (χ1v) is 7.52. The molecule has 6 nitrogen and oxygen atoms in total. The lowest BCUT2D eigenvalue weighted by atomic mass is 9.92. The van der Waals surface area contributed by atoms with Crippen molar-refractivity contribution in [1.82, 2.24) is 15.0 Å². The molecule has 0 spiro atoms. The van der Waals surface area contributed by atoms with E-state index in [1.54, 1.807) is 7.05 Å². The molecule has 0 bridgehead atoms. The van der Waals surface area contributed by atoms with Crippen molar-refractivity contribution < 1.29 is 0 Å². The lowest BCUT2D eigenvalue weighted by Crippen LogP contribution is -2.36. The smallest absolute Gasteiger partial charge is 0.229 e. The Hall–Kier alpha value is -1.55. The predicted molar refractivity (Wildman–Crippen MR) is 78.3 cm³/mol. The van der Waals surface area contributed by atoms with Gasteiger partial charge in [-0.05, 0) is 19.1 Å². The van der Waals surface area contributed by atoms with Crippen molar-refractivity contribution in [1.29, 1.82) is 5.26 Å². The molecule has 0 fully saturated rings. The molecule has 0 aliphatic rings. The van der Waals surface area contributed by atoms with Crippen LogP contribution in [-0.2, 0) is 0 Å². The molecule has 0 aliphatic heterocycles. The average molecular weight is 280 g/mol. The van der Waals surface area contributed by atoms with E-state index in [0.29, 0.717) is 23.5 Å². The Bertz CT molecular complexity index is 436. The summed E-state index contributed by atoms with van der Waals surface area (Å²) < 4.78 is 0. The molecule has 1 rings (SSSR count). The molecule has 1 aromatic rings. The highest BCUT2D eigenvalue weighted by Gasteiger charge is 2.28. The third-order valence-corrected chi connectivity index (χ3v) is 3.41. The number of thioether (sulfide) groups is 1. The van der Waals surface area contributed by atoms with Gasteiger partial charge in [0.2, 0.25) is 11.9 Å². The number of nitrogens with zero attached hydrogens (tertiary/aromatic N) is 4. The molecule has 19 heavy (non-hydrogen) atoms. The summed E-state index contributed by atoms with van der Waals surface area (Å²) in [6.07, 6.45) is 4.29. The number of hydrogen-bond acceptors (Lipinski definition) is 7. The summed E-state index contributed by atoms with van der Waals surface area (Å²) >= 11 is 1.44. The van der Waals surface area contributed by atoms with Crippen LogP contribution >= 0.6 is 11.8 Å². The second kappa shape index (κ2) is 7.14. The van der Waals surface area contributed by atoms with Gasteiger partial charge >= 0.3 is 0 Å². The van der Waals surface area contributed by atoms with Gasteiger partial charge in [-0.2, -0.15) is 20.2 Å². The quantitative estimate of drug-likeness (QED) is 0.742. The van der Waals surface area contributed by atoms with Crippen LogP contribution in [0.3, 0.4) is 0 Å². The topological polar surface area (TPSA) is 86.5 Å². The van der Waals surface area contributed by atoms with Crippen molar-refractivity contribution in [2.45, 2.75) is 43.8 Å². The van der Waals surface area contributed by atoms with E-state index in [0.717, 1.165) is 12.8 Å². The third-order valence-electron chi connectivity index (χ3n) is 2.87. The van der Waals surface area contributed by atoms with E-state index in [9.17, 15) is 5.26 Å².